The van der Waals surface area contributed by atoms with Crippen LogP contribution in [0, 0.1) is 5.92 Å². The molecule has 0 fully saturated rings. The molecule has 14 heteroatoms. The Labute approximate surface area is 201 Å². The monoisotopic (exact) mass is 492 g/mol. The summed E-state index contributed by atoms with van der Waals surface area (Å²) < 4.78 is 0. The summed E-state index contributed by atoms with van der Waals surface area (Å²) in [4.78, 5) is 63.6. The van der Waals surface area contributed by atoms with Crippen LogP contribution in [0.4, 0.5) is 0 Å². The van der Waals surface area contributed by atoms with Crippen molar-refractivity contribution >= 4 is 23.7 Å². The number of carboxylic acid groups (broad SMARTS) is 1. The molecule has 3 amide bonds. The molecule has 192 valence electrons. The molecule has 0 aliphatic carbocycles. The summed E-state index contributed by atoms with van der Waals surface area (Å²) in [5.74, 6) is -3.71. The highest BCUT2D eigenvalue weighted by molar-refractivity contribution is 5.94. The Morgan fingerprint density at radius 2 is 1.34 bits per heavy atom. The van der Waals surface area contributed by atoms with Gasteiger partial charge in [0.15, 0.2) is 6.04 Å². The Kier molecular flexibility index (Phi) is 9.90. The number of hydrogen-bond donors (Lipinski definition) is 8. The van der Waals surface area contributed by atoms with Gasteiger partial charge in [-0.2, -0.15) is 0 Å². The van der Waals surface area contributed by atoms with E-state index in [0.29, 0.717) is 11.4 Å². The van der Waals surface area contributed by atoms with Gasteiger partial charge in [-0.1, -0.05) is 13.8 Å². The van der Waals surface area contributed by atoms with E-state index in [1.165, 1.54) is 32.0 Å². The van der Waals surface area contributed by atoms with Gasteiger partial charge in [-0.25, -0.2) is 14.8 Å². The zero-order valence-electron chi connectivity index (χ0n) is 19.7. The number of carbonyl (C=O) groups is 4. The molecule has 0 saturated heterocycles. The summed E-state index contributed by atoms with van der Waals surface area (Å²) in [5.41, 5.74) is 6.96. The molecule has 2 heterocycles. The topological polar surface area (TPSA) is 228 Å². The van der Waals surface area contributed by atoms with E-state index in [2.05, 4.69) is 35.9 Å². The lowest BCUT2D eigenvalue weighted by Gasteiger charge is -2.26. The molecule has 35 heavy (non-hydrogen) atoms. The number of amides is 3. The van der Waals surface area contributed by atoms with Crippen LogP contribution < -0.4 is 21.7 Å². The number of aliphatic hydroxyl groups excluding tert-OH is 1. The zero-order valence-corrected chi connectivity index (χ0v) is 19.7. The smallest absolute Gasteiger partial charge is 0.328 e. The fraction of sp³-hybridized carbons (Fsp3) is 0.524. The summed E-state index contributed by atoms with van der Waals surface area (Å²) in [5, 5.41) is 26.4. The number of aliphatic hydroxyl groups is 1. The third-order valence-electron chi connectivity index (χ3n) is 5.29. The number of carbonyl (C=O) groups excluding carboxylic acids is 3. The molecule has 2 aromatic rings. The number of nitrogens with one attached hydrogen (secondary N) is 5. The maximum atomic E-state index is 13.2. The maximum Gasteiger partial charge on any atom is 0.328 e. The molecule has 5 atom stereocenters. The number of carboxylic acids is 1. The Hall–Kier alpha value is -3.78. The summed E-state index contributed by atoms with van der Waals surface area (Å²) in [7, 11) is 0. The van der Waals surface area contributed by atoms with Crippen LogP contribution in [0.3, 0.4) is 0 Å². The van der Waals surface area contributed by atoms with E-state index in [9.17, 15) is 29.4 Å². The van der Waals surface area contributed by atoms with Crippen molar-refractivity contribution in [3.8, 4) is 0 Å². The Morgan fingerprint density at radius 1 is 0.886 bits per heavy atom. The standard InChI is InChI=1S/C21H32N8O6/c1-10(2)16(22)20(33)28-14(4-12-6-23-8-25-12)18(31)27-15(5-13-7-24-9-26-13)19(32)29-17(11(3)30)21(34)35/h6-11,14-17,30H,4-5,22H2,1-3H3,(H,23,25)(H,24,26)(H,27,31)(H,28,33)(H,29,32)(H,34,35). The van der Waals surface area contributed by atoms with Gasteiger partial charge in [0.2, 0.25) is 17.7 Å². The van der Waals surface area contributed by atoms with Crippen LogP contribution in [-0.4, -0.2) is 84.1 Å². The second-order valence-electron chi connectivity index (χ2n) is 8.52. The predicted molar refractivity (Wildman–Crippen MR) is 123 cm³/mol. The molecule has 0 aliphatic heterocycles. The van der Waals surface area contributed by atoms with Gasteiger partial charge in [0.05, 0.1) is 24.8 Å². The minimum atomic E-state index is -1.59. The van der Waals surface area contributed by atoms with Crippen LogP contribution in [0.15, 0.2) is 25.0 Å². The van der Waals surface area contributed by atoms with E-state index in [-0.39, 0.29) is 18.8 Å². The van der Waals surface area contributed by atoms with Gasteiger partial charge in [0, 0.05) is 36.6 Å². The van der Waals surface area contributed by atoms with Crippen molar-refractivity contribution in [1.82, 2.24) is 35.9 Å². The lowest BCUT2D eigenvalue weighted by Crippen LogP contribution is -2.59. The Morgan fingerprint density at radius 3 is 1.71 bits per heavy atom. The highest BCUT2D eigenvalue weighted by Crippen LogP contribution is 2.06. The normalized spacial score (nSPS) is 15.5. The average Bonchev–Trinajstić information content (AvgIpc) is 3.49. The number of aromatic amines is 2. The molecule has 2 aromatic heterocycles. The van der Waals surface area contributed by atoms with Crippen molar-refractivity contribution in [2.75, 3.05) is 0 Å². The van der Waals surface area contributed by atoms with Gasteiger partial charge in [-0.05, 0) is 12.8 Å². The minimum Gasteiger partial charge on any atom is -0.480 e. The first kappa shape index (κ1) is 27.5. The third-order valence-corrected chi connectivity index (χ3v) is 5.29. The summed E-state index contributed by atoms with van der Waals surface area (Å²) in [6, 6.07) is -4.81. The molecule has 0 aromatic carbocycles. The quantitative estimate of drug-likeness (QED) is 0.152. The van der Waals surface area contributed by atoms with E-state index in [1.807, 2.05) is 0 Å². The van der Waals surface area contributed by atoms with Crippen molar-refractivity contribution in [3.63, 3.8) is 0 Å². The number of rotatable bonds is 13. The third kappa shape index (κ3) is 8.19. The molecular formula is C21H32N8O6. The van der Waals surface area contributed by atoms with Crippen molar-refractivity contribution in [2.24, 2.45) is 11.7 Å². The molecule has 0 saturated carbocycles. The number of imidazole rings is 2. The fourth-order valence-corrected chi connectivity index (χ4v) is 3.14. The van der Waals surface area contributed by atoms with Gasteiger partial charge in [0.1, 0.15) is 12.1 Å². The van der Waals surface area contributed by atoms with Crippen LogP contribution in [0.2, 0.25) is 0 Å². The number of aromatic nitrogens is 4. The largest absolute Gasteiger partial charge is 0.480 e. The zero-order chi connectivity index (χ0) is 26.1. The molecule has 14 nitrogen and oxygen atoms in total. The average molecular weight is 493 g/mol. The molecule has 2 rings (SSSR count). The molecule has 0 aliphatic rings. The molecule has 5 unspecified atom stereocenters. The van der Waals surface area contributed by atoms with Crippen LogP contribution in [-0.2, 0) is 32.0 Å². The van der Waals surface area contributed by atoms with Crippen LogP contribution >= 0.6 is 0 Å². The van der Waals surface area contributed by atoms with Crippen molar-refractivity contribution in [2.45, 2.75) is 63.9 Å². The van der Waals surface area contributed by atoms with Crippen LogP contribution in [0.1, 0.15) is 32.2 Å². The summed E-state index contributed by atoms with van der Waals surface area (Å²) in [6.45, 7) is 4.75. The highest BCUT2D eigenvalue weighted by atomic mass is 16.4. The SMILES string of the molecule is CC(C)C(N)C(=O)NC(Cc1cnc[nH]1)C(=O)NC(Cc1cnc[nH]1)C(=O)NC(C(=O)O)C(C)O. The predicted octanol–water partition coefficient (Wildman–Crippen LogP) is -2.18. The number of H-pyrrole nitrogens is 2. The summed E-state index contributed by atoms with van der Waals surface area (Å²) >= 11 is 0. The van der Waals surface area contributed by atoms with Gasteiger partial charge >= 0.3 is 5.97 Å². The second-order valence-corrected chi connectivity index (χ2v) is 8.52. The molecular weight excluding hydrogens is 460 g/mol. The molecule has 0 bridgehead atoms. The van der Waals surface area contributed by atoms with Crippen molar-refractivity contribution in [1.29, 1.82) is 0 Å². The molecule has 0 radical (unpaired) electrons. The first-order chi connectivity index (χ1) is 16.5. The van der Waals surface area contributed by atoms with Gasteiger partial charge < -0.3 is 41.9 Å². The first-order valence-corrected chi connectivity index (χ1v) is 11.0. The fourth-order valence-electron chi connectivity index (χ4n) is 3.14. The van der Waals surface area contributed by atoms with Crippen LogP contribution in [0.5, 0.6) is 0 Å². The molecule has 0 spiro atoms. The van der Waals surface area contributed by atoms with E-state index >= 15 is 0 Å². The van der Waals surface area contributed by atoms with Crippen molar-refractivity contribution in [3.05, 3.63) is 36.4 Å². The second kappa shape index (κ2) is 12.6. The van der Waals surface area contributed by atoms with E-state index in [0.717, 1.165) is 0 Å². The lowest BCUT2D eigenvalue weighted by atomic mass is 10.0. The van der Waals surface area contributed by atoms with E-state index in [1.54, 1.807) is 13.8 Å². The van der Waals surface area contributed by atoms with Gasteiger partial charge in [0.25, 0.3) is 0 Å². The lowest BCUT2D eigenvalue weighted by molar-refractivity contribution is -0.145. The minimum absolute atomic E-state index is 0.0339. The van der Waals surface area contributed by atoms with Crippen LogP contribution in [0.25, 0.3) is 0 Å². The number of hydrogen-bond acceptors (Lipinski definition) is 8. The van der Waals surface area contributed by atoms with Gasteiger partial charge in [-0.15, -0.1) is 0 Å². The molecule has 9 N–H and O–H groups in total. The number of nitrogens with zero attached hydrogens (tertiary/aromatic N) is 2. The maximum absolute atomic E-state index is 13.2. The van der Waals surface area contributed by atoms with E-state index < -0.39 is 54.0 Å². The van der Waals surface area contributed by atoms with E-state index in [4.69, 9.17) is 5.73 Å². The number of aliphatic carboxylic acids is 1. The number of nitrogens with two attached hydrogens (primary N) is 1. The summed E-state index contributed by atoms with van der Waals surface area (Å²) in [6.07, 6.45) is 4.33. The Bertz CT molecular complexity index is 976. The van der Waals surface area contributed by atoms with Crippen molar-refractivity contribution < 1.29 is 29.4 Å². The highest BCUT2D eigenvalue weighted by Gasteiger charge is 2.32. The first-order valence-electron chi connectivity index (χ1n) is 11.0. The Balaban J connectivity index is 2.25. The van der Waals surface area contributed by atoms with Gasteiger partial charge in [-0.3, -0.25) is 14.4 Å².